The van der Waals surface area contributed by atoms with E-state index in [4.69, 9.17) is 17.0 Å². The van der Waals surface area contributed by atoms with Gasteiger partial charge in [-0.25, -0.2) is 8.42 Å². The molecule has 10 heteroatoms. The van der Waals surface area contributed by atoms with Gasteiger partial charge in [0.2, 0.25) is 10.0 Å². The molecule has 1 heterocycles. The Morgan fingerprint density at radius 3 is 2.38 bits per heavy atom. The first-order valence-corrected chi connectivity index (χ1v) is 12.3. The lowest BCUT2D eigenvalue weighted by molar-refractivity contribution is 0.0940. The summed E-state index contributed by atoms with van der Waals surface area (Å²) in [6.45, 7) is 1.47. The lowest BCUT2D eigenvalue weighted by atomic mass is 10.2. The molecule has 0 radical (unpaired) electrons. The molecule has 3 rings (SSSR count). The summed E-state index contributed by atoms with van der Waals surface area (Å²) in [5, 5.41) is 3.22. The molecule has 2 aromatic carbocycles. The Morgan fingerprint density at radius 1 is 1.03 bits per heavy atom. The van der Waals surface area contributed by atoms with Crippen molar-refractivity contribution in [3.05, 3.63) is 59.7 Å². The number of hydrogen-bond donors (Lipinski definition) is 3. The van der Waals surface area contributed by atoms with Crippen molar-refractivity contribution < 1.29 is 17.9 Å². The molecule has 0 aromatic heterocycles. The fourth-order valence-corrected chi connectivity index (χ4v) is 5.13. The zero-order valence-electron chi connectivity index (χ0n) is 18.0. The summed E-state index contributed by atoms with van der Waals surface area (Å²) >= 11 is 5.20. The number of sulfonamides is 1. The van der Waals surface area contributed by atoms with Gasteiger partial charge < -0.3 is 10.1 Å². The summed E-state index contributed by atoms with van der Waals surface area (Å²) in [6.07, 6.45) is 3.71. The van der Waals surface area contributed by atoms with Gasteiger partial charge in [0.15, 0.2) is 5.11 Å². The van der Waals surface area contributed by atoms with Crippen LogP contribution in [0, 0.1) is 0 Å². The molecule has 2 aromatic rings. The van der Waals surface area contributed by atoms with Crippen LogP contribution in [0.5, 0.6) is 5.75 Å². The Labute approximate surface area is 194 Å². The van der Waals surface area contributed by atoms with Crippen LogP contribution in [0.15, 0.2) is 53.4 Å². The van der Waals surface area contributed by atoms with Gasteiger partial charge in [0.05, 0.1) is 17.6 Å². The molecule has 1 aliphatic rings. The minimum absolute atomic E-state index is 0.0649. The Morgan fingerprint density at radius 2 is 1.72 bits per heavy atom. The van der Waals surface area contributed by atoms with Crippen LogP contribution in [0.3, 0.4) is 0 Å². The molecular weight excluding hydrogens is 448 g/mol. The number of hydrazine groups is 1. The first-order valence-electron chi connectivity index (χ1n) is 10.5. The van der Waals surface area contributed by atoms with Gasteiger partial charge in [0, 0.05) is 19.6 Å². The van der Waals surface area contributed by atoms with E-state index in [-0.39, 0.29) is 21.3 Å². The van der Waals surface area contributed by atoms with Crippen molar-refractivity contribution in [1.82, 2.24) is 20.5 Å². The average Bonchev–Trinajstić information content (AvgIpc) is 3.11. The number of carbonyl (C=O) groups excluding carboxylic acids is 1. The van der Waals surface area contributed by atoms with E-state index in [0.29, 0.717) is 19.6 Å². The maximum absolute atomic E-state index is 13.1. The summed E-state index contributed by atoms with van der Waals surface area (Å²) < 4.78 is 33.0. The van der Waals surface area contributed by atoms with Crippen LogP contribution >= 0.6 is 12.2 Å². The molecule has 1 aliphatic heterocycles. The van der Waals surface area contributed by atoms with Gasteiger partial charge >= 0.3 is 0 Å². The van der Waals surface area contributed by atoms with Crippen LogP contribution in [0.2, 0.25) is 0 Å². The number of carbonyl (C=O) groups is 1. The molecule has 1 fully saturated rings. The van der Waals surface area contributed by atoms with Gasteiger partial charge in [-0.3, -0.25) is 15.6 Å². The van der Waals surface area contributed by atoms with Crippen LogP contribution < -0.4 is 20.9 Å². The first kappa shape index (κ1) is 24.0. The number of thiocarbonyl (C=S) groups is 1. The molecule has 0 saturated carbocycles. The second-order valence-electron chi connectivity index (χ2n) is 7.43. The first-order chi connectivity index (χ1) is 15.4. The van der Waals surface area contributed by atoms with Gasteiger partial charge in [-0.1, -0.05) is 43.2 Å². The van der Waals surface area contributed by atoms with Crippen LogP contribution in [0.4, 0.5) is 0 Å². The number of nitrogens with zero attached hydrogens (tertiary/aromatic N) is 1. The third-order valence-electron chi connectivity index (χ3n) is 5.20. The third-order valence-corrected chi connectivity index (χ3v) is 7.34. The van der Waals surface area contributed by atoms with Crippen LogP contribution in [-0.4, -0.2) is 43.9 Å². The standard InChI is InChI=1S/C22H28N4O4S2/c1-30-20-12-11-18(32(28,29)26-13-7-2-3-8-14-26)15-19(20)21(27)24-25-22(31)23-16-17-9-5-4-6-10-17/h4-6,9-12,15H,2-3,7-8,13-14,16H2,1H3,(H,24,27)(H2,23,25,31). The van der Waals surface area contributed by atoms with Gasteiger partial charge in [-0.05, 0) is 48.8 Å². The largest absolute Gasteiger partial charge is 0.496 e. The monoisotopic (exact) mass is 476 g/mol. The molecule has 0 spiro atoms. The summed E-state index contributed by atoms with van der Waals surface area (Å²) in [7, 11) is -2.27. The van der Waals surface area contributed by atoms with Crippen molar-refractivity contribution in [3.63, 3.8) is 0 Å². The minimum atomic E-state index is -3.70. The smallest absolute Gasteiger partial charge is 0.273 e. The third kappa shape index (κ3) is 6.18. The summed E-state index contributed by atoms with van der Waals surface area (Å²) in [6, 6.07) is 14.0. The molecular formula is C22H28N4O4S2. The Balaban J connectivity index is 1.67. The van der Waals surface area contributed by atoms with E-state index in [1.54, 1.807) is 0 Å². The highest BCUT2D eigenvalue weighted by atomic mass is 32.2. The average molecular weight is 477 g/mol. The molecule has 1 saturated heterocycles. The molecule has 8 nitrogen and oxygen atoms in total. The summed E-state index contributed by atoms with van der Waals surface area (Å²) in [5.74, 6) is -0.291. The second kappa shape index (κ2) is 11.3. The number of rotatable bonds is 6. The lowest BCUT2D eigenvalue weighted by Crippen LogP contribution is -2.46. The van der Waals surface area contributed by atoms with E-state index < -0.39 is 15.9 Å². The van der Waals surface area contributed by atoms with Crippen molar-refractivity contribution in [2.45, 2.75) is 37.1 Å². The highest BCUT2D eigenvalue weighted by molar-refractivity contribution is 7.89. The normalized spacial score (nSPS) is 14.8. The predicted octanol–water partition coefficient (Wildman–Crippen LogP) is 2.57. The van der Waals surface area contributed by atoms with E-state index in [0.717, 1.165) is 31.2 Å². The van der Waals surface area contributed by atoms with Gasteiger partial charge in [0.1, 0.15) is 5.75 Å². The predicted molar refractivity (Wildman–Crippen MR) is 127 cm³/mol. The Bertz CT molecular complexity index is 1040. The van der Waals surface area contributed by atoms with Gasteiger partial charge in [0.25, 0.3) is 5.91 Å². The molecule has 0 atom stereocenters. The van der Waals surface area contributed by atoms with Crippen molar-refractivity contribution in [1.29, 1.82) is 0 Å². The van der Waals surface area contributed by atoms with E-state index in [9.17, 15) is 13.2 Å². The zero-order valence-corrected chi connectivity index (χ0v) is 19.6. The number of nitrogens with one attached hydrogen (secondary N) is 3. The number of benzene rings is 2. The maximum atomic E-state index is 13.1. The number of amides is 1. The van der Waals surface area contributed by atoms with Crippen LogP contribution in [-0.2, 0) is 16.6 Å². The van der Waals surface area contributed by atoms with Gasteiger partial charge in [-0.2, -0.15) is 4.31 Å². The molecule has 3 N–H and O–H groups in total. The molecule has 172 valence electrons. The van der Waals surface area contributed by atoms with Gasteiger partial charge in [-0.15, -0.1) is 0 Å². The Kier molecular flexibility index (Phi) is 8.43. The van der Waals surface area contributed by atoms with Crippen molar-refractivity contribution in [2.75, 3.05) is 20.2 Å². The van der Waals surface area contributed by atoms with E-state index in [1.165, 1.54) is 29.6 Å². The molecule has 0 unspecified atom stereocenters. The topological polar surface area (TPSA) is 99.8 Å². The minimum Gasteiger partial charge on any atom is -0.496 e. The van der Waals surface area contributed by atoms with E-state index >= 15 is 0 Å². The lowest BCUT2D eigenvalue weighted by Gasteiger charge is -2.21. The maximum Gasteiger partial charge on any atom is 0.273 e. The molecule has 32 heavy (non-hydrogen) atoms. The van der Waals surface area contributed by atoms with Crippen LogP contribution in [0.25, 0.3) is 0 Å². The molecule has 1 amide bonds. The quantitative estimate of drug-likeness (QED) is 0.435. The highest BCUT2D eigenvalue weighted by Gasteiger charge is 2.27. The summed E-state index contributed by atoms with van der Waals surface area (Å²) in [4.78, 5) is 12.8. The van der Waals surface area contributed by atoms with Crippen LogP contribution in [0.1, 0.15) is 41.6 Å². The molecule has 0 aliphatic carbocycles. The zero-order chi connectivity index (χ0) is 23.0. The highest BCUT2D eigenvalue weighted by Crippen LogP contribution is 2.26. The molecule has 0 bridgehead atoms. The fourth-order valence-electron chi connectivity index (χ4n) is 3.46. The number of methoxy groups -OCH3 is 1. The number of ether oxygens (including phenoxy) is 1. The number of hydrogen-bond acceptors (Lipinski definition) is 5. The van der Waals surface area contributed by atoms with Crippen molar-refractivity contribution >= 4 is 33.3 Å². The van der Waals surface area contributed by atoms with E-state index in [1.807, 2.05) is 30.3 Å². The second-order valence-corrected chi connectivity index (χ2v) is 9.77. The fraction of sp³-hybridized carbons (Fsp3) is 0.364. The Hall–Kier alpha value is -2.69. The summed E-state index contributed by atoms with van der Waals surface area (Å²) in [5.41, 5.74) is 6.27. The van der Waals surface area contributed by atoms with E-state index in [2.05, 4.69) is 16.2 Å². The van der Waals surface area contributed by atoms with Crippen molar-refractivity contribution in [2.24, 2.45) is 0 Å². The SMILES string of the molecule is COc1ccc(S(=O)(=O)N2CCCCCC2)cc1C(=O)NNC(=S)NCc1ccccc1. The van der Waals surface area contributed by atoms with Crippen molar-refractivity contribution in [3.8, 4) is 5.75 Å².